The molecule has 0 saturated carbocycles. The molecule has 0 bridgehead atoms. The monoisotopic (exact) mass is 334 g/mol. The Morgan fingerprint density at radius 3 is 2.58 bits per heavy atom. The third kappa shape index (κ3) is 3.08. The van der Waals surface area contributed by atoms with E-state index in [9.17, 15) is 4.79 Å². The molecule has 3 aliphatic heterocycles. The van der Waals surface area contributed by atoms with Crippen molar-refractivity contribution in [2.24, 2.45) is 13.0 Å². The highest BCUT2D eigenvalue weighted by molar-refractivity contribution is 5.94. The maximum atomic E-state index is 12.8. The van der Waals surface area contributed by atoms with Crippen LogP contribution in [0.3, 0.4) is 0 Å². The molecule has 2 fully saturated rings. The summed E-state index contributed by atoms with van der Waals surface area (Å²) in [5.74, 6) is 0.766. The van der Waals surface area contributed by atoms with Crippen molar-refractivity contribution < 1.29 is 14.3 Å². The smallest absolute Gasteiger partial charge is 0.274 e. The van der Waals surface area contributed by atoms with Gasteiger partial charge in [0.05, 0.1) is 18.9 Å². The predicted octanol–water partition coefficient (Wildman–Crippen LogP) is 0.635. The third-order valence-electron chi connectivity index (χ3n) is 5.39. The quantitative estimate of drug-likeness (QED) is 0.812. The molecule has 4 rings (SSSR count). The van der Waals surface area contributed by atoms with Gasteiger partial charge in [-0.3, -0.25) is 14.4 Å². The molecule has 132 valence electrons. The fourth-order valence-electron chi connectivity index (χ4n) is 3.97. The summed E-state index contributed by atoms with van der Waals surface area (Å²) in [5, 5.41) is 4.53. The molecule has 0 spiro atoms. The molecular formula is C17H26N4O3. The summed E-state index contributed by atoms with van der Waals surface area (Å²) in [5.41, 5.74) is 2.96. The van der Waals surface area contributed by atoms with E-state index >= 15 is 0 Å². The normalized spacial score (nSPS) is 22.8. The molecule has 1 aromatic rings. The number of hydrogen-bond acceptors (Lipinski definition) is 5. The first kappa shape index (κ1) is 16.1. The van der Waals surface area contributed by atoms with Gasteiger partial charge in [0.2, 0.25) is 0 Å². The minimum absolute atomic E-state index is 0.0584. The van der Waals surface area contributed by atoms with Gasteiger partial charge < -0.3 is 14.4 Å². The Labute approximate surface area is 142 Å². The number of amides is 1. The average Bonchev–Trinajstić information content (AvgIpc) is 3.16. The molecule has 0 aliphatic carbocycles. The fourth-order valence-corrected chi connectivity index (χ4v) is 3.97. The number of ether oxygens (including phenoxy) is 2. The topological polar surface area (TPSA) is 59.8 Å². The van der Waals surface area contributed by atoms with Crippen LogP contribution in [0, 0.1) is 5.92 Å². The maximum Gasteiger partial charge on any atom is 0.274 e. The summed E-state index contributed by atoms with van der Waals surface area (Å²) < 4.78 is 12.7. The van der Waals surface area contributed by atoms with Gasteiger partial charge in [-0.05, 0) is 18.8 Å². The van der Waals surface area contributed by atoms with Crippen LogP contribution in [0.4, 0.5) is 0 Å². The van der Waals surface area contributed by atoms with E-state index in [1.807, 2.05) is 16.6 Å². The van der Waals surface area contributed by atoms with Gasteiger partial charge in [0.1, 0.15) is 0 Å². The summed E-state index contributed by atoms with van der Waals surface area (Å²) in [6.45, 7) is 7.16. The molecule has 0 N–H and O–H groups in total. The Hall–Kier alpha value is -1.44. The number of nitrogens with zero attached hydrogens (tertiary/aromatic N) is 4. The highest BCUT2D eigenvalue weighted by Crippen LogP contribution is 2.28. The lowest BCUT2D eigenvalue weighted by Crippen LogP contribution is -2.41. The van der Waals surface area contributed by atoms with Crippen LogP contribution in [0.25, 0.3) is 0 Å². The number of carbonyl (C=O) groups excluding carboxylic acids is 1. The number of fused-ring (bicyclic) bond motifs is 1. The minimum Gasteiger partial charge on any atom is -0.381 e. The van der Waals surface area contributed by atoms with Gasteiger partial charge in [0.25, 0.3) is 5.91 Å². The zero-order chi connectivity index (χ0) is 16.5. The van der Waals surface area contributed by atoms with Crippen LogP contribution in [0.2, 0.25) is 0 Å². The second-order valence-corrected chi connectivity index (χ2v) is 7.03. The van der Waals surface area contributed by atoms with Gasteiger partial charge >= 0.3 is 0 Å². The lowest BCUT2D eigenvalue weighted by atomic mass is 10.00. The third-order valence-corrected chi connectivity index (χ3v) is 5.39. The standard InChI is InChI=1S/C17H26N4O3/c1-19-15-12-20(10-13-2-6-23-7-3-13)11-14(15)16(18-19)17(22)21-4-8-24-9-5-21/h13H,2-12H2,1H3. The van der Waals surface area contributed by atoms with E-state index in [4.69, 9.17) is 9.47 Å². The summed E-state index contributed by atoms with van der Waals surface area (Å²) in [6, 6.07) is 0. The Kier molecular flexibility index (Phi) is 4.56. The zero-order valence-corrected chi connectivity index (χ0v) is 14.4. The van der Waals surface area contributed by atoms with Crippen LogP contribution in [-0.2, 0) is 29.6 Å². The highest BCUT2D eigenvalue weighted by Gasteiger charge is 2.33. The number of aromatic nitrogens is 2. The van der Waals surface area contributed by atoms with Crippen LogP contribution in [0.1, 0.15) is 34.6 Å². The molecule has 2 saturated heterocycles. The molecular weight excluding hydrogens is 308 g/mol. The number of rotatable bonds is 3. The molecule has 7 nitrogen and oxygen atoms in total. The average molecular weight is 334 g/mol. The van der Waals surface area contributed by atoms with Gasteiger partial charge in [0, 0.05) is 58.5 Å². The van der Waals surface area contributed by atoms with Crippen molar-refractivity contribution in [3.05, 3.63) is 17.0 Å². The van der Waals surface area contributed by atoms with Crippen molar-refractivity contribution in [2.75, 3.05) is 46.1 Å². The molecule has 0 aromatic carbocycles. The molecule has 0 radical (unpaired) electrons. The van der Waals surface area contributed by atoms with Crippen LogP contribution in [0.5, 0.6) is 0 Å². The first-order valence-corrected chi connectivity index (χ1v) is 8.94. The first-order valence-electron chi connectivity index (χ1n) is 8.94. The predicted molar refractivity (Wildman–Crippen MR) is 87.6 cm³/mol. The van der Waals surface area contributed by atoms with E-state index in [0.717, 1.165) is 51.3 Å². The zero-order valence-electron chi connectivity index (χ0n) is 14.4. The van der Waals surface area contributed by atoms with Crippen molar-refractivity contribution in [1.82, 2.24) is 19.6 Å². The van der Waals surface area contributed by atoms with Crippen molar-refractivity contribution in [3.63, 3.8) is 0 Å². The maximum absolute atomic E-state index is 12.8. The molecule has 1 amide bonds. The van der Waals surface area contributed by atoms with Crippen molar-refractivity contribution in [3.8, 4) is 0 Å². The molecule has 0 atom stereocenters. The van der Waals surface area contributed by atoms with E-state index < -0.39 is 0 Å². The minimum atomic E-state index is 0.0584. The van der Waals surface area contributed by atoms with Gasteiger partial charge in [-0.25, -0.2) is 0 Å². The van der Waals surface area contributed by atoms with Crippen molar-refractivity contribution >= 4 is 5.91 Å². The summed E-state index contributed by atoms with van der Waals surface area (Å²) in [6.07, 6.45) is 2.29. The fraction of sp³-hybridized carbons (Fsp3) is 0.765. The van der Waals surface area contributed by atoms with E-state index in [0.29, 0.717) is 37.9 Å². The molecule has 0 unspecified atom stereocenters. The highest BCUT2D eigenvalue weighted by atomic mass is 16.5. The molecule has 3 aliphatic rings. The van der Waals surface area contributed by atoms with Crippen LogP contribution < -0.4 is 0 Å². The second-order valence-electron chi connectivity index (χ2n) is 7.03. The number of hydrogen-bond donors (Lipinski definition) is 0. The second kappa shape index (κ2) is 6.82. The molecule has 7 heteroatoms. The van der Waals surface area contributed by atoms with Crippen LogP contribution in [-0.4, -0.2) is 71.5 Å². The van der Waals surface area contributed by atoms with E-state index in [-0.39, 0.29) is 5.91 Å². The SMILES string of the molecule is Cn1nc(C(=O)N2CCOCC2)c2c1CN(CC1CCOCC1)C2. The molecule has 1 aromatic heterocycles. The number of morpholine rings is 1. The number of carbonyl (C=O) groups is 1. The lowest BCUT2D eigenvalue weighted by Gasteiger charge is -2.27. The number of aryl methyl sites for hydroxylation is 1. The van der Waals surface area contributed by atoms with E-state index in [2.05, 4.69) is 10.00 Å². The summed E-state index contributed by atoms with van der Waals surface area (Å²) >= 11 is 0. The molecule has 4 heterocycles. The van der Waals surface area contributed by atoms with E-state index in [1.54, 1.807) is 0 Å². The van der Waals surface area contributed by atoms with Crippen molar-refractivity contribution in [1.29, 1.82) is 0 Å². The van der Waals surface area contributed by atoms with Crippen LogP contribution in [0.15, 0.2) is 0 Å². The Balaban J connectivity index is 1.46. The Morgan fingerprint density at radius 1 is 1.12 bits per heavy atom. The Bertz CT molecular complexity index is 603. The van der Waals surface area contributed by atoms with Gasteiger partial charge in [-0.2, -0.15) is 5.10 Å². The molecule has 24 heavy (non-hydrogen) atoms. The Morgan fingerprint density at radius 2 is 1.83 bits per heavy atom. The van der Waals surface area contributed by atoms with Gasteiger partial charge in [0.15, 0.2) is 5.69 Å². The summed E-state index contributed by atoms with van der Waals surface area (Å²) in [4.78, 5) is 17.2. The van der Waals surface area contributed by atoms with Crippen molar-refractivity contribution in [2.45, 2.75) is 25.9 Å². The summed E-state index contributed by atoms with van der Waals surface area (Å²) in [7, 11) is 1.95. The first-order chi connectivity index (χ1) is 11.7. The van der Waals surface area contributed by atoms with Crippen LogP contribution >= 0.6 is 0 Å². The van der Waals surface area contributed by atoms with Gasteiger partial charge in [-0.1, -0.05) is 0 Å². The lowest BCUT2D eigenvalue weighted by molar-refractivity contribution is 0.0297. The largest absolute Gasteiger partial charge is 0.381 e. The van der Waals surface area contributed by atoms with Gasteiger partial charge in [-0.15, -0.1) is 0 Å². The van der Waals surface area contributed by atoms with E-state index in [1.165, 1.54) is 5.69 Å².